The smallest absolute Gasteiger partial charge is 0.158 e. The van der Waals surface area contributed by atoms with E-state index in [2.05, 4.69) is 0 Å². The third-order valence-electron chi connectivity index (χ3n) is 3.78. The summed E-state index contributed by atoms with van der Waals surface area (Å²) >= 11 is 5.79. The summed E-state index contributed by atoms with van der Waals surface area (Å²) in [5, 5.41) is 12.8. The maximum Gasteiger partial charge on any atom is 0.158 e. The number of rotatable bonds is 6. The van der Waals surface area contributed by atoms with E-state index >= 15 is 0 Å². The second kappa shape index (κ2) is 7.51. The molecule has 0 saturated carbocycles. The highest BCUT2D eigenvalue weighted by Gasteiger charge is 2.09. The van der Waals surface area contributed by atoms with Gasteiger partial charge in [-0.05, 0) is 35.9 Å². The highest BCUT2D eigenvalue weighted by atomic mass is 35.5. The van der Waals surface area contributed by atoms with Crippen molar-refractivity contribution >= 4 is 17.6 Å². The molecule has 3 rings (SSSR count). The van der Waals surface area contributed by atoms with Crippen molar-refractivity contribution in [3.63, 3.8) is 0 Å². The van der Waals surface area contributed by atoms with Crippen LogP contribution in [0, 0.1) is 5.82 Å². The van der Waals surface area contributed by atoms with E-state index in [9.17, 15) is 14.3 Å². The zero-order valence-corrected chi connectivity index (χ0v) is 13.9. The van der Waals surface area contributed by atoms with Crippen molar-refractivity contribution in [1.29, 1.82) is 0 Å². The minimum atomic E-state index is -1.18. The lowest BCUT2D eigenvalue weighted by Gasteiger charge is -2.04. The number of nitrogens with two attached hydrogens (primary N) is 1. The normalized spacial score (nSPS) is 10.8. The van der Waals surface area contributed by atoms with E-state index in [0.717, 1.165) is 16.9 Å². The highest BCUT2D eigenvalue weighted by molar-refractivity contribution is 6.31. The number of furan rings is 1. The predicted octanol–water partition coefficient (Wildman–Crippen LogP) is 2.37. The van der Waals surface area contributed by atoms with Gasteiger partial charge in [-0.15, -0.1) is 0 Å². The molecular formula is C19H15ClFNO3. The summed E-state index contributed by atoms with van der Waals surface area (Å²) in [6.07, 6.45) is 0. The molecule has 0 bridgehead atoms. The van der Waals surface area contributed by atoms with Crippen LogP contribution >= 0.6 is 11.6 Å². The van der Waals surface area contributed by atoms with E-state index in [1.165, 1.54) is 24.3 Å². The molecule has 3 aromatic rings. The number of carbonyl (C=O) groups is 1. The molecule has 0 aliphatic rings. The molecule has 4 nitrogen and oxygen atoms in total. The van der Waals surface area contributed by atoms with Gasteiger partial charge in [-0.1, -0.05) is 35.9 Å². The first-order valence-corrected chi connectivity index (χ1v) is 8.07. The summed E-state index contributed by atoms with van der Waals surface area (Å²) in [4.78, 5) is 10.7. The van der Waals surface area contributed by atoms with Crippen molar-refractivity contribution in [3.05, 3.63) is 82.3 Å². The fourth-order valence-electron chi connectivity index (χ4n) is 2.45. The summed E-state index contributed by atoms with van der Waals surface area (Å²) in [5.41, 5.74) is 1.88. The molecule has 25 heavy (non-hydrogen) atoms. The summed E-state index contributed by atoms with van der Waals surface area (Å²) in [6.45, 7) is 1.31. The number of quaternary nitrogens is 1. The molecule has 1 aromatic heterocycles. The lowest BCUT2D eigenvalue weighted by molar-refractivity contribution is -0.687. The van der Waals surface area contributed by atoms with Crippen LogP contribution in [0.3, 0.4) is 0 Å². The van der Waals surface area contributed by atoms with E-state index in [0.29, 0.717) is 18.8 Å². The molecule has 0 amide bonds. The Kier molecular flexibility index (Phi) is 5.16. The minimum Gasteiger partial charge on any atom is -0.545 e. The molecule has 0 atom stereocenters. The second-order valence-corrected chi connectivity index (χ2v) is 5.98. The molecule has 2 aromatic carbocycles. The van der Waals surface area contributed by atoms with Crippen LogP contribution in [0.4, 0.5) is 4.39 Å². The number of hydrogen-bond acceptors (Lipinski definition) is 3. The van der Waals surface area contributed by atoms with Crippen LogP contribution in [0.25, 0.3) is 11.3 Å². The molecule has 0 spiro atoms. The molecule has 0 unspecified atom stereocenters. The van der Waals surface area contributed by atoms with Crippen molar-refractivity contribution in [2.45, 2.75) is 13.1 Å². The van der Waals surface area contributed by atoms with Gasteiger partial charge < -0.3 is 19.6 Å². The zero-order chi connectivity index (χ0) is 17.8. The quantitative estimate of drug-likeness (QED) is 0.734. The highest BCUT2D eigenvalue weighted by Crippen LogP contribution is 2.26. The van der Waals surface area contributed by atoms with Crippen LogP contribution < -0.4 is 10.4 Å². The van der Waals surface area contributed by atoms with Crippen LogP contribution in [0.2, 0.25) is 5.02 Å². The average molecular weight is 360 g/mol. The van der Waals surface area contributed by atoms with E-state index in [4.69, 9.17) is 16.0 Å². The standard InChI is InChI=1S/C19H15ClFNO3/c20-16-9-14(5-7-17(16)21)18-8-6-15(25-18)11-22-10-12-1-3-13(4-2-12)19(23)24/h1-9,22H,10-11H2,(H,23,24). The Morgan fingerprint density at radius 3 is 2.52 bits per heavy atom. The topological polar surface area (TPSA) is 69.9 Å². The maximum absolute atomic E-state index is 13.2. The first-order valence-electron chi connectivity index (χ1n) is 7.69. The molecular weight excluding hydrogens is 345 g/mol. The van der Waals surface area contributed by atoms with Gasteiger partial charge in [0.1, 0.15) is 24.7 Å². The average Bonchev–Trinajstić information content (AvgIpc) is 3.07. The maximum atomic E-state index is 13.2. The lowest BCUT2D eigenvalue weighted by Crippen LogP contribution is -2.80. The van der Waals surface area contributed by atoms with Crippen LogP contribution in [0.15, 0.2) is 59.0 Å². The predicted molar refractivity (Wildman–Crippen MR) is 89.2 cm³/mol. The van der Waals surface area contributed by atoms with Gasteiger partial charge in [0.05, 0.1) is 11.0 Å². The van der Waals surface area contributed by atoms with Gasteiger partial charge in [0, 0.05) is 11.1 Å². The lowest BCUT2D eigenvalue weighted by atomic mass is 10.1. The molecule has 0 aliphatic carbocycles. The number of carboxylic acids is 1. The Morgan fingerprint density at radius 2 is 1.84 bits per heavy atom. The minimum absolute atomic E-state index is 0.0574. The van der Waals surface area contributed by atoms with Crippen LogP contribution in [0.5, 0.6) is 0 Å². The summed E-state index contributed by atoms with van der Waals surface area (Å²) in [7, 11) is 0. The van der Waals surface area contributed by atoms with Gasteiger partial charge in [0.2, 0.25) is 0 Å². The Bertz CT molecular complexity index is 890. The number of hydrogen-bond donors (Lipinski definition) is 1. The van der Waals surface area contributed by atoms with Crippen LogP contribution in [0.1, 0.15) is 21.7 Å². The third kappa shape index (κ3) is 4.26. The Balaban J connectivity index is 1.58. The van der Waals surface area contributed by atoms with E-state index in [-0.39, 0.29) is 10.6 Å². The summed E-state index contributed by atoms with van der Waals surface area (Å²) in [5.74, 6) is -0.236. The summed E-state index contributed by atoms with van der Waals surface area (Å²) < 4.78 is 19.0. The monoisotopic (exact) mass is 359 g/mol. The zero-order valence-electron chi connectivity index (χ0n) is 13.2. The molecule has 0 fully saturated rings. The van der Waals surface area contributed by atoms with Gasteiger partial charge in [-0.3, -0.25) is 0 Å². The first-order chi connectivity index (χ1) is 12.0. The van der Waals surface area contributed by atoms with E-state index in [1.807, 2.05) is 17.4 Å². The van der Waals surface area contributed by atoms with Gasteiger partial charge in [-0.2, -0.15) is 0 Å². The SMILES string of the molecule is O=C([O-])c1ccc(C[NH2+]Cc2ccc(-c3ccc(F)c(Cl)c3)o2)cc1. The van der Waals surface area contributed by atoms with E-state index in [1.54, 1.807) is 18.2 Å². The molecule has 0 aliphatic heterocycles. The number of aromatic carboxylic acids is 1. The third-order valence-corrected chi connectivity index (χ3v) is 4.07. The molecule has 0 saturated heterocycles. The number of benzene rings is 2. The molecule has 6 heteroatoms. The number of carbonyl (C=O) groups excluding carboxylic acids is 1. The van der Waals surface area contributed by atoms with Crippen molar-refractivity contribution < 1.29 is 24.0 Å². The molecule has 1 heterocycles. The van der Waals surface area contributed by atoms with Crippen molar-refractivity contribution in [3.8, 4) is 11.3 Å². The fraction of sp³-hybridized carbons (Fsp3) is 0.105. The van der Waals surface area contributed by atoms with Gasteiger partial charge >= 0.3 is 0 Å². The van der Waals surface area contributed by atoms with Crippen LogP contribution in [-0.4, -0.2) is 5.97 Å². The van der Waals surface area contributed by atoms with E-state index < -0.39 is 11.8 Å². The molecule has 2 N–H and O–H groups in total. The number of halogens is 2. The Labute approximate surface area is 148 Å². The Hall–Kier alpha value is -2.63. The van der Waals surface area contributed by atoms with Crippen molar-refractivity contribution in [2.75, 3.05) is 0 Å². The van der Waals surface area contributed by atoms with Crippen molar-refractivity contribution in [1.82, 2.24) is 0 Å². The van der Waals surface area contributed by atoms with Gasteiger partial charge in [0.25, 0.3) is 0 Å². The molecule has 128 valence electrons. The molecule has 0 radical (unpaired) electrons. The van der Waals surface area contributed by atoms with Crippen LogP contribution in [-0.2, 0) is 13.1 Å². The first kappa shape index (κ1) is 17.2. The van der Waals surface area contributed by atoms with Crippen molar-refractivity contribution in [2.24, 2.45) is 0 Å². The Morgan fingerprint density at radius 1 is 1.08 bits per heavy atom. The second-order valence-electron chi connectivity index (χ2n) is 5.58. The summed E-state index contributed by atoms with van der Waals surface area (Å²) in [6, 6.07) is 14.7. The van der Waals surface area contributed by atoms with Gasteiger partial charge in [-0.25, -0.2) is 4.39 Å². The largest absolute Gasteiger partial charge is 0.545 e. The van der Waals surface area contributed by atoms with Gasteiger partial charge in [0.15, 0.2) is 5.76 Å². The number of carboxylic acid groups (broad SMARTS) is 1. The fourth-order valence-corrected chi connectivity index (χ4v) is 2.63.